The fourth-order valence-corrected chi connectivity index (χ4v) is 2.35. The van der Waals surface area contributed by atoms with Gasteiger partial charge in [-0.3, -0.25) is 4.79 Å². The van der Waals surface area contributed by atoms with Crippen molar-refractivity contribution < 1.29 is 19.4 Å². The minimum atomic E-state index is -0.934. The average molecular weight is 341 g/mol. The Morgan fingerprint density at radius 1 is 0.960 bits per heavy atom. The van der Waals surface area contributed by atoms with Crippen molar-refractivity contribution in [3.63, 3.8) is 0 Å². The van der Waals surface area contributed by atoms with Gasteiger partial charge in [0.15, 0.2) is 0 Å². The zero-order valence-corrected chi connectivity index (χ0v) is 14.4. The first kappa shape index (κ1) is 18.5. The molecule has 0 aliphatic carbocycles. The second kappa shape index (κ2) is 9.47. The Morgan fingerprint density at radius 2 is 1.64 bits per heavy atom. The fourth-order valence-electron chi connectivity index (χ4n) is 2.35. The second-order valence-electron chi connectivity index (χ2n) is 5.91. The zero-order chi connectivity index (χ0) is 18.1. The number of carboxylic acids is 1. The third kappa shape index (κ3) is 6.67. The van der Waals surface area contributed by atoms with Gasteiger partial charge in [-0.2, -0.15) is 0 Å². The molecule has 2 aromatic rings. The molecule has 0 unspecified atom stereocenters. The Kier molecular flexibility index (Phi) is 7.01. The highest BCUT2D eigenvalue weighted by molar-refractivity contribution is 5.70. The van der Waals surface area contributed by atoms with Crippen LogP contribution < -0.4 is 0 Å². The van der Waals surface area contributed by atoms with Crippen molar-refractivity contribution in [1.29, 1.82) is 0 Å². The summed E-state index contributed by atoms with van der Waals surface area (Å²) in [4.78, 5) is 24.6. The molecule has 0 aliphatic heterocycles. The molecule has 0 fully saturated rings. The summed E-state index contributed by atoms with van der Waals surface area (Å²) in [6.45, 7) is 2.75. The van der Waals surface area contributed by atoms with E-state index in [0.29, 0.717) is 13.0 Å². The molecular formula is C20H23NO4. The molecule has 0 aliphatic rings. The van der Waals surface area contributed by atoms with Gasteiger partial charge in [-0.05, 0) is 24.5 Å². The van der Waals surface area contributed by atoms with Gasteiger partial charge in [0.05, 0.1) is 6.42 Å². The molecule has 5 heteroatoms. The van der Waals surface area contributed by atoms with Crippen LogP contribution in [0.15, 0.2) is 54.6 Å². The molecule has 25 heavy (non-hydrogen) atoms. The molecule has 0 saturated heterocycles. The SMILES string of the molecule is Cc1ccc(CCN(CCC(=O)O)C(=O)OCc2ccccc2)cc1. The highest BCUT2D eigenvalue weighted by atomic mass is 16.6. The number of aryl methyl sites for hydroxylation is 1. The van der Waals surface area contributed by atoms with Gasteiger partial charge >= 0.3 is 12.1 Å². The lowest BCUT2D eigenvalue weighted by Crippen LogP contribution is -2.35. The molecule has 2 rings (SSSR count). The first-order valence-electron chi connectivity index (χ1n) is 8.27. The number of carboxylic acid groups (broad SMARTS) is 1. The van der Waals surface area contributed by atoms with Crippen molar-refractivity contribution in [3.8, 4) is 0 Å². The highest BCUT2D eigenvalue weighted by Gasteiger charge is 2.16. The number of benzene rings is 2. The summed E-state index contributed by atoms with van der Waals surface area (Å²) >= 11 is 0. The molecule has 5 nitrogen and oxygen atoms in total. The van der Waals surface area contributed by atoms with Crippen molar-refractivity contribution in [1.82, 2.24) is 4.90 Å². The fraction of sp³-hybridized carbons (Fsp3) is 0.300. The number of nitrogens with zero attached hydrogens (tertiary/aromatic N) is 1. The molecule has 1 amide bonds. The van der Waals surface area contributed by atoms with E-state index < -0.39 is 12.1 Å². The lowest BCUT2D eigenvalue weighted by atomic mass is 10.1. The van der Waals surface area contributed by atoms with E-state index >= 15 is 0 Å². The molecule has 1 N–H and O–H groups in total. The van der Waals surface area contributed by atoms with E-state index in [4.69, 9.17) is 9.84 Å². The van der Waals surface area contributed by atoms with Gasteiger partial charge in [0.25, 0.3) is 0 Å². The smallest absolute Gasteiger partial charge is 0.410 e. The van der Waals surface area contributed by atoms with Gasteiger partial charge in [0.1, 0.15) is 6.61 Å². The summed E-state index contributed by atoms with van der Waals surface area (Å²) in [6.07, 6.45) is 0.0616. The monoisotopic (exact) mass is 341 g/mol. The summed E-state index contributed by atoms with van der Waals surface area (Å²) in [6, 6.07) is 17.5. The van der Waals surface area contributed by atoms with Crippen molar-refractivity contribution in [2.24, 2.45) is 0 Å². The van der Waals surface area contributed by atoms with E-state index in [-0.39, 0.29) is 19.6 Å². The van der Waals surface area contributed by atoms with Crippen molar-refractivity contribution in [2.45, 2.75) is 26.4 Å². The topological polar surface area (TPSA) is 66.8 Å². The van der Waals surface area contributed by atoms with Crippen LogP contribution in [-0.2, 0) is 22.6 Å². The zero-order valence-electron chi connectivity index (χ0n) is 14.4. The molecule has 0 atom stereocenters. The van der Waals surface area contributed by atoms with Gasteiger partial charge in [0.2, 0.25) is 0 Å². The largest absolute Gasteiger partial charge is 0.481 e. The molecule has 132 valence electrons. The average Bonchev–Trinajstić information content (AvgIpc) is 2.62. The number of hydrogen-bond donors (Lipinski definition) is 1. The van der Waals surface area contributed by atoms with Crippen LogP contribution in [0.25, 0.3) is 0 Å². The van der Waals surface area contributed by atoms with Crippen molar-refractivity contribution in [2.75, 3.05) is 13.1 Å². The Hall–Kier alpha value is -2.82. The van der Waals surface area contributed by atoms with Gasteiger partial charge in [-0.25, -0.2) is 4.79 Å². The van der Waals surface area contributed by atoms with Crippen LogP contribution in [0.1, 0.15) is 23.1 Å². The number of aliphatic carboxylic acids is 1. The highest BCUT2D eigenvalue weighted by Crippen LogP contribution is 2.08. The number of hydrogen-bond acceptors (Lipinski definition) is 3. The predicted molar refractivity (Wildman–Crippen MR) is 95.3 cm³/mol. The van der Waals surface area contributed by atoms with Crippen LogP contribution in [0.5, 0.6) is 0 Å². The van der Waals surface area contributed by atoms with E-state index in [1.54, 1.807) is 0 Å². The molecule has 2 aromatic carbocycles. The molecule has 0 heterocycles. The van der Waals surface area contributed by atoms with Crippen LogP contribution in [0, 0.1) is 6.92 Å². The minimum Gasteiger partial charge on any atom is -0.481 e. The summed E-state index contributed by atoms with van der Waals surface area (Å²) < 4.78 is 5.32. The van der Waals surface area contributed by atoms with Gasteiger partial charge < -0.3 is 14.7 Å². The van der Waals surface area contributed by atoms with Crippen LogP contribution in [0.2, 0.25) is 0 Å². The van der Waals surface area contributed by atoms with Gasteiger partial charge in [-0.1, -0.05) is 60.2 Å². The predicted octanol–water partition coefficient (Wildman–Crippen LogP) is 3.65. The normalized spacial score (nSPS) is 10.3. The van der Waals surface area contributed by atoms with Crippen LogP contribution in [0.3, 0.4) is 0 Å². The molecule has 0 radical (unpaired) electrons. The molecule has 0 spiro atoms. The Bertz CT molecular complexity index is 683. The quantitative estimate of drug-likeness (QED) is 0.796. The third-order valence-electron chi connectivity index (χ3n) is 3.85. The van der Waals surface area contributed by atoms with Gasteiger partial charge in [0, 0.05) is 13.1 Å². The van der Waals surface area contributed by atoms with E-state index in [0.717, 1.165) is 11.1 Å². The maximum atomic E-state index is 12.3. The number of rotatable bonds is 8. The minimum absolute atomic E-state index is 0.103. The Labute approximate surface area is 147 Å². The Morgan fingerprint density at radius 3 is 2.28 bits per heavy atom. The summed E-state index contributed by atoms with van der Waals surface area (Å²) in [5, 5.41) is 8.89. The maximum Gasteiger partial charge on any atom is 0.410 e. The van der Waals surface area contributed by atoms with Crippen LogP contribution in [0.4, 0.5) is 4.79 Å². The van der Waals surface area contributed by atoms with Crippen LogP contribution >= 0.6 is 0 Å². The Balaban J connectivity index is 1.92. The van der Waals surface area contributed by atoms with Crippen molar-refractivity contribution in [3.05, 3.63) is 71.3 Å². The third-order valence-corrected chi connectivity index (χ3v) is 3.85. The summed E-state index contributed by atoms with van der Waals surface area (Å²) in [5.41, 5.74) is 3.17. The van der Waals surface area contributed by atoms with Crippen LogP contribution in [-0.4, -0.2) is 35.2 Å². The first-order valence-corrected chi connectivity index (χ1v) is 8.27. The van der Waals surface area contributed by atoms with E-state index in [1.165, 1.54) is 10.5 Å². The number of carbonyl (C=O) groups is 2. The van der Waals surface area contributed by atoms with E-state index in [1.807, 2.05) is 61.5 Å². The summed E-state index contributed by atoms with van der Waals surface area (Å²) in [7, 11) is 0. The maximum absolute atomic E-state index is 12.3. The molecule has 0 saturated carbocycles. The molecule has 0 aromatic heterocycles. The standard InChI is InChI=1S/C20H23NO4/c1-16-7-9-17(10-8-16)11-13-21(14-12-19(22)23)20(24)25-15-18-5-3-2-4-6-18/h2-10H,11-15H2,1H3,(H,22,23). The lowest BCUT2D eigenvalue weighted by molar-refractivity contribution is -0.137. The molecular weight excluding hydrogens is 318 g/mol. The summed E-state index contributed by atoms with van der Waals surface area (Å²) in [5.74, 6) is -0.934. The van der Waals surface area contributed by atoms with E-state index in [9.17, 15) is 9.59 Å². The van der Waals surface area contributed by atoms with Gasteiger partial charge in [-0.15, -0.1) is 0 Å². The lowest BCUT2D eigenvalue weighted by Gasteiger charge is -2.21. The van der Waals surface area contributed by atoms with Crippen molar-refractivity contribution >= 4 is 12.1 Å². The number of carbonyl (C=O) groups excluding carboxylic acids is 1. The number of amides is 1. The van der Waals surface area contributed by atoms with E-state index in [2.05, 4.69) is 0 Å². The molecule has 0 bridgehead atoms. The first-order chi connectivity index (χ1) is 12.0. The number of ether oxygens (including phenoxy) is 1. The second-order valence-corrected chi connectivity index (χ2v) is 5.91.